The van der Waals surface area contributed by atoms with Crippen LogP contribution in [0, 0.1) is 0 Å². The lowest BCUT2D eigenvalue weighted by Gasteiger charge is -2.34. The first-order valence-corrected chi connectivity index (χ1v) is 9.86. The summed E-state index contributed by atoms with van der Waals surface area (Å²) < 4.78 is 5.36. The zero-order valence-electron chi connectivity index (χ0n) is 16.0. The van der Waals surface area contributed by atoms with Gasteiger partial charge in [0.25, 0.3) is 0 Å². The third kappa shape index (κ3) is 4.31. The highest BCUT2D eigenvalue weighted by Crippen LogP contribution is 2.21. The molecule has 4 rings (SSSR count). The summed E-state index contributed by atoms with van der Waals surface area (Å²) in [5.74, 6) is 2.63. The minimum atomic E-state index is 0.281. The van der Waals surface area contributed by atoms with E-state index in [0.717, 1.165) is 49.1 Å². The van der Waals surface area contributed by atoms with Crippen molar-refractivity contribution in [3.8, 4) is 11.3 Å². The molecular weight excluding hydrogens is 376 g/mol. The summed E-state index contributed by atoms with van der Waals surface area (Å²) in [4.78, 5) is 9.04. The maximum atomic E-state index is 5.94. The zero-order valence-corrected chi connectivity index (χ0v) is 16.8. The van der Waals surface area contributed by atoms with Crippen LogP contribution in [-0.4, -0.2) is 51.4 Å². The van der Waals surface area contributed by atoms with Gasteiger partial charge < -0.3 is 9.42 Å². The zero-order chi connectivity index (χ0) is 19.5. The summed E-state index contributed by atoms with van der Waals surface area (Å²) in [6, 6.07) is 11.7. The molecule has 0 amide bonds. The van der Waals surface area contributed by atoms with Crippen molar-refractivity contribution >= 4 is 17.4 Å². The van der Waals surface area contributed by atoms with Crippen LogP contribution in [0.1, 0.15) is 31.5 Å². The molecular formula is C20H23ClN6O. The Hall–Kier alpha value is -2.51. The van der Waals surface area contributed by atoms with Gasteiger partial charge in [-0.3, -0.25) is 4.90 Å². The van der Waals surface area contributed by atoms with Crippen molar-refractivity contribution in [2.45, 2.75) is 26.3 Å². The summed E-state index contributed by atoms with van der Waals surface area (Å²) in [6.45, 7) is 8.42. The minimum absolute atomic E-state index is 0.281. The van der Waals surface area contributed by atoms with Gasteiger partial charge in [-0.1, -0.05) is 42.7 Å². The Morgan fingerprint density at radius 1 is 1.00 bits per heavy atom. The molecule has 8 heteroatoms. The first kappa shape index (κ1) is 18.8. The van der Waals surface area contributed by atoms with E-state index in [1.165, 1.54) is 0 Å². The highest BCUT2D eigenvalue weighted by molar-refractivity contribution is 6.30. The maximum Gasteiger partial charge on any atom is 0.240 e. The van der Waals surface area contributed by atoms with Crippen molar-refractivity contribution in [3.05, 3.63) is 53.1 Å². The van der Waals surface area contributed by atoms with Crippen molar-refractivity contribution in [1.29, 1.82) is 0 Å². The number of aromatic nitrogens is 4. The van der Waals surface area contributed by atoms with E-state index >= 15 is 0 Å². The predicted molar refractivity (Wildman–Crippen MR) is 108 cm³/mol. The molecule has 0 spiro atoms. The first-order chi connectivity index (χ1) is 13.6. The summed E-state index contributed by atoms with van der Waals surface area (Å²) in [7, 11) is 0. The molecule has 146 valence electrons. The summed E-state index contributed by atoms with van der Waals surface area (Å²) >= 11 is 5.94. The van der Waals surface area contributed by atoms with Crippen LogP contribution in [0.3, 0.4) is 0 Å². The molecule has 0 atom stereocenters. The van der Waals surface area contributed by atoms with Gasteiger partial charge in [-0.05, 0) is 24.3 Å². The first-order valence-electron chi connectivity index (χ1n) is 9.48. The second kappa shape index (κ2) is 8.24. The highest BCUT2D eigenvalue weighted by Gasteiger charge is 2.21. The smallest absolute Gasteiger partial charge is 0.240 e. The predicted octanol–water partition coefficient (Wildman–Crippen LogP) is 3.63. The number of anilines is 1. The Morgan fingerprint density at radius 3 is 2.36 bits per heavy atom. The number of nitrogens with zero attached hydrogens (tertiary/aromatic N) is 6. The number of benzene rings is 1. The molecule has 1 saturated heterocycles. The second-order valence-electron chi connectivity index (χ2n) is 7.25. The fraction of sp³-hybridized carbons (Fsp3) is 0.400. The molecule has 28 heavy (non-hydrogen) atoms. The van der Waals surface area contributed by atoms with Crippen LogP contribution in [0.2, 0.25) is 5.02 Å². The van der Waals surface area contributed by atoms with E-state index in [9.17, 15) is 0 Å². The normalized spacial score (nSPS) is 15.4. The van der Waals surface area contributed by atoms with Crippen LogP contribution in [0.15, 0.2) is 40.9 Å². The standard InChI is InChI=1S/C20H23ClN6O/c1-14(2)20-22-19(28-25-20)13-26-9-11-27(12-10-26)18-8-7-17(23-24-18)15-3-5-16(21)6-4-15/h3-8,14H,9-13H2,1-2H3. The molecule has 1 aromatic carbocycles. The molecule has 7 nitrogen and oxygen atoms in total. The number of hydrogen-bond donors (Lipinski definition) is 0. The van der Waals surface area contributed by atoms with E-state index in [1.54, 1.807) is 0 Å². The Bertz CT molecular complexity index is 901. The summed E-state index contributed by atoms with van der Waals surface area (Å²) in [5.41, 5.74) is 1.85. The molecule has 0 N–H and O–H groups in total. The van der Waals surface area contributed by atoms with Crippen LogP contribution in [0.25, 0.3) is 11.3 Å². The molecule has 1 aliphatic rings. The van der Waals surface area contributed by atoms with Crippen LogP contribution in [0.5, 0.6) is 0 Å². The van der Waals surface area contributed by atoms with E-state index < -0.39 is 0 Å². The average molecular weight is 399 g/mol. The molecule has 0 radical (unpaired) electrons. The maximum absolute atomic E-state index is 5.94. The fourth-order valence-electron chi connectivity index (χ4n) is 3.16. The molecule has 0 bridgehead atoms. The SMILES string of the molecule is CC(C)c1noc(CN2CCN(c3ccc(-c4ccc(Cl)cc4)nn3)CC2)n1. The van der Waals surface area contributed by atoms with Crippen molar-refractivity contribution in [2.24, 2.45) is 0 Å². The molecule has 3 aromatic rings. The average Bonchev–Trinajstić information content (AvgIpc) is 3.18. The van der Waals surface area contributed by atoms with Crippen LogP contribution in [-0.2, 0) is 6.54 Å². The quantitative estimate of drug-likeness (QED) is 0.649. The Morgan fingerprint density at radius 2 is 1.75 bits per heavy atom. The third-order valence-electron chi connectivity index (χ3n) is 4.85. The van der Waals surface area contributed by atoms with Crippen LogP contribution < -0.4 is 4.90 Å². The van der Waals surface area contributed by atoms with Crippen molar-refractivity contribution in [2.75, 3.05) is 31.1 Å². The van der Waals surface area contributed by atoms with Crippen molar-refractivity contribution in [1.82, 2.24) is 25.2 Å². The molecule has 1 aliphatic heterocycles. The Kier molecular flexibility index (Phi) is 5.54. The van der Waals surface area contributed by atoms with Gasteiger partial charge in [0, 0.05) is 42.7 Å². The van der Waals surface area contributed by atoms with Crippen LogP contribution in [0.4, 0.5) is 5.82 Å². The molecule has 0 saturated carbocycles. The van der Waals surface area contributed by atoms with E-state index in [2.05, 4.69) is 44.0 Å². The Balaban J connectivity index is 1.33. The fourth-order valence-corrected chi connectivity index (χ4v) is 3.29. The summed E-state index contributed by atoms with van der Waals surface area (Å²) in [6.07, 6.45) is 0. The Labute approximate surface area is 169 Å². The van der Waals surface area contributed by atoms with Crippen molar-refractivity contribution < 1.29 is 4.52 Å². The number of rotatable bonds is 5. The van der Waals surface area contributed by atoms with Crippen LogP contribution >= 0.6 is 11.6 Å². The van der Waals surface area contributed by atoms with Gasteiger partial charge in [-0.15, -0.1) is 10.2 Å². The molecule has 0 unspecified atom stereocenters. The van der Waals surface area contributed by atoms with E-state index in [0.29, 0.717) is 17.5 Å². The van der Waals surface area contributed by atoms with E-state index in [1.807, 2.05) is 36.4 Å². The number of halogens is 1. The lowest BCUT2D eigenvalue weighted by atomic mass is 10.1. The monoisotopic (exact) mass is 398 g/mol. The van der Waals surface area contributed by atoms with Gasteiger partial charge in [-0.2, -0.15) is 4.98 Å². The van der Waals surface area contributed by atoms with Gasteiger partial charge in [0.15, 0.2) is 11.6 Å². The minimum Gasteiger partial charge on any atom is -0.353 e. The van der Waals surface area contributed by atoms with Crippen molar-refractivity contribution in [3.63, 3.8) is 0 Å². The molecule has 2 aromatic heterocycles. The molecule has 0 aliphatic carbocycles. The lowest BCUT2D eigenvalue weighted by molar-refractivity contribution is 0.215. The summed E-state index contributed by atoms with van der Waals surface area (Å²) in [5, 5.41) is 13.5. The van der Waals surface area contributed by atoms with Gasteiger partial charge in [-0.25, -0.2) is 0 Å². The highest BCUT2D eigenvalue weighted by atomic mass is 35.5. The molecule has 1 fully saturated rings. The number of hydrogen-bond acceptors (Lipinski definition) is 7. The third-order valence-corrected chi connectivity index (χ3v) is 5.10. The van der Waals surface area contributed by atoms with Gasteiger partial charge in [0.05, 0.1) is 12.2 Å². The largest absolute Gasteiger partial charge is 0.353 e. The molecule has 3 heterocycles. The van der Waals surface area contributed by atoms with Gasteiger partial charge in [0.1, 0.15) is 0 Å². The number of piperazine rings is 1. The van der Waals surface area contributed by atoms with E-state index in [4.69, 9.17) is 16.1 Å². The second-order valence-corrected chi connectivity index (χ2v) is 7.68. The topological polar surface area (TPSA) is 71.2 Å². The van der Waals surface area contributed by atoms with E-state index in [-0.39, 0.29) is 5.92 Å². The van der Waals surface area contributed by atoms with Gasteiger partial charge in [0.2, 0.25) is 5.89 Å². The lowest BCUT2D eigenvalue weighted by Crippen LogP contribution is -2.46. The van der Waals surface area contributed by atoms with Gasteiger partial charge >= 0.3 is 0 Å².